The van der Waals surface area contributed by atoms with Gasteiger partial charge < -0.3 is 24.4 Å². The maximum absolute atomic E-state index is 9.76. The van der Waals surface area contributed by atoms with Gasteiger partial charge in [0.2, 0.25) is 0 Å². The summed E-state index contributed by atoms with van der Waals surface area (Å²) >= 11 is 0. The molecule has 0 aromatic heterocycles. The number of rotatable bonds is 7. The zero-order valence-electron chi connectivity index (χ0n) is 17.9. The molecule has 0 unspecified atom stereocenters. The average molecular weight is 428 g/mol. The minimum absolute atomic E-state index is 0.173. The monoisotopic (exact) mass is 428 g/mol. The third-order valence-corrected chi connectivity index (χ3v) is 5.18. The first-order chi connectivity index (χ1) is 15.6. The molecule has 0 amide bonds. The summed E-state index contributed by atoms with van der Waals surface area (Å²) in [5.74, 6) is 2.04. The van der Waals surface area contributed by atoms with Gasteiger partial charge in [0.1, 0.15) is 23.9 Å². The molecule has 2 N–H and O–H groups in total. The van der Waals surface area contributed by atoms with Crippen molar-refractivity contribution in [1.82, 2.24) is 0 Å². The number of hydrogen-bond donors (Lipinski definition) is 2. The van der Waals surface area contributed by atoms with Crippen molar-refractivity contribution in [2.45, 2.75) is 6.61 Å². The number of ether oxygens (including phenoxy) is 3. The summed E-state index contributed by atoms with van der Waals surface area (Å²) in [6.45, 7) is 0.338. The number of methoxy groups -OCH3 is 2. The lowest BCUT2D eigenvalue weighted by Crippen LogP contribution is -2.03. The minimum atomic E-state index is 0.173. The largest absolute Gasteiger partial charge is 0.508 e. The molecule has 0 aliphatic rings. The molecule has 0 aliphatic heterocycles. The lowest BCUT2D eigenvalue weighted by atomic mass is 9.96. The number of phenols is 2. The Morgan fingerprint density at radius 1 is 0.656 bits per heavy atom. The second-order valence-electron chi connectivity index (χ2n) is 7.23. The zero-order chi connectivity index (χ0) is 22.5. The number of benzene rings is 4. The Balaban J connectivity index is 1.92. The van der Waals surface area contributed by atoms with Crippen molar-refractivity contribution < 1.29 is 24.4 Å². The average Bonchev–Trinajstić information content (AvgIpc) is 2.83. The van der Waals surface area contributed by atoms with Gasteiger partial charge in [-0.05, 0) is 47.0 Å². The van der Waals surface area contributed by atoms with Crippen LogP contribution in [0.2, 0.25) is 0 Å². The van der Waals surface area contributed by atoms with Crippen molar-refractivity contribution >= 4 is 0 Å². The van der Waals surface area contributed by atoms with Gasteiger partial charge in [0.15, 0.2) is 11.5 Å². The first-order valence-electron chi connectivity index (χ1n) is 10.1. The number of aromatic hydroxyl groups is 2. The van der Waals surface area contributed by atoms with Gasteiger partial charge in [-0.2, -0.15) is 0 Å². The Morgan fingerprint density at radius 2 is 1.25 bits per heavy atom. The molecular weight excluding hydrogens is 404 g/mol. The highest BCUT2D eigenvalue weighted by atomic mass is 16.5. The minimum Gasteiger partial charge on any atom is -0.508 e. The molecule has 4 rings (SSSR count). The van der Waals surface area contributed by atoms with E-state index in [4.69, 9.17) is 14.2 Å². The van der Waals surface area contributed by atoms with Crippen molar-refractivity contribution in [3.05, 3.63) is 90.5 Å². The molecule has 4 aromatic carbocycles. The second-order valence-corrected chi connectivity index (χ2v) is 7.23. The second kappa shape index (κ2) is 9.35. The molecule has 0 saturated heterocycles. The van der Waals surface area contributed by atoms with E-state index in [1.807, 2.05) is 60.7 Å². The standard InChI is InChI=1S/C27H24O5/c1-30-24-16-23(19-8-12-21(28)13-9-19)26(31-2)27(32-17-18-6-4-3-5-7-18)25(24)20-10-14-22(29)15-11-20/h3-16,28-29H,17H2,1-2H3. The highest BCUT2D eigenvalue weighted by Crippen LogP contribution is 2.50. The first-order valence-corrected chi connectivity index (χ1v) is 10.1. The molecule has 0 spiro atoms. The molecule has 0 heterocycles. The summed E-state index contributed by atoms with van der Waals surface area (Å²) in [5.41, 5.74) is 4.18. The van der Waals surface area contributed by atoms with Gasteiger partial charge in [0.05, 0.1) is 19.8 Å². The van der Waals surface area contributed by atoms with E-state index in [-0.39, 0.29) is 11.5 Å². The summed E-state index contributed by atoms with van der Waals surface area (Å²) in [6.07, 6.45) is 0. The zero-order valence-corrected chi connectivity index (χ0v) is 17.9. The highest BCUT2D eigenvalue weighted by molar-refractivity contribution is 5.88. The Bertz CT molecular complexity index is 1180. The summed E-state index contributed by atoms with van der Waals surface area (Å²) in [4.78, 5) is 0. The smallest absolute Gasteiger partial charge is 0.173 e. The molecular formula is C27H24O5. The number of hydrogen-bond acceptors (Lipinski definition) is 5. The maximum Gasteiger partial charge on any atom is 0.173 e. The number of phenolic OH excluding ortho intramolecular Hbond substituents is 2. The van der Waals surface area contributed by atoms with Gasteiger partial charge in [0, 0.05) is 5.56 Å². The first kappa shape index (κ1) is 21.1. The third-order valence-electron chi connectivity index (χ3n) is 5.18. The van der Waals surface area contributed by atoms with Crippen molar-refractivity contribution in [2.75, 3.05) is 14.2 Å². The van der Waals surface area contributed by atoms with Crippen LogP contribution in [0.1, 0.15) is 5.56 Å². The third kappa shape index (κ3) is 4.32. The van der Waals surface area contributed by atoms with Crippen molar-refractivity contribution in [3.63, 3.8) is 0 Å². The molecule has 0 atom stereocenters. The van der Waals surface area contributed by atoms with Gasteiger partial charge >= 0.3 is 0 Å². The summed E-state index contributed by atoms with van der Waals surface area (Å²) in [5, 5.41) is 19.5. The molecule has 5 heteroatoms. The topological polar surface area (TPSA) is 68.2 Å². The van der Waals surface area contributed by atoms with E-state index in [2.05, 4.69) is 0 Å². The van der Waals surface area contributed by atoms with Gasteiger partial charge in [-0.25, -0.2) is 0 Å². The SMILES string of the molecule is COc1cc(-c2ccc(O)cc2)c(OC)c(OCc2ccccc2)c1-c1ccc(O)cc1. The fourth-order valence-corrected chi connectivity index (χ4v) is 3.60. The molecule has 0 fully saturated rings. The van der Waals surface area contributed by atoms with Crippen LogP contribution in [-0.4, -0.2) is 24.4 Å². The Labute approximate surface area is 187 Å². The van der Waals surface area contributed by atoms with Crippen LogP contribution in [0.25, 0.3) is 22.3 Å². The Morgan fingerprint density at radius 3 is 1.81 bits per heavy atom. The summed E-state index contributed by atoms with van der Waals surface area (Å²) < 4.78 is 17.9. The predicted molar refractivity (Wildman–Crippen MR) is 125 cm³/mol. The quantitative estimate of drug-likeness (QED) is 0.376. The fraction of sp³-hybridized carbons (Fsp3) is 0.111. The fourth-order valence-electron chi connectivity index (χ4n) is 3.60. The van der Waals surface area contributed by atoms with E-state index in [1.54, 1.807) is 38.5 Å². The van der Waals surface area contributed by atoms with Crippen LogP contribution in [-0.2, 0) is 6.61 Å². The molecule has 5 nitrogen and oxygen atoms in total. The predicted octanol–water partition coefficient (Wildman–Crippen LogP) is 6.03. The van der Waals surface area contributed by atoms with Crippen molar-refractivity contribution in [2.24, 2.45) is 0 Å². The summed E-state index contributed by atoms with van der Waals surface area (Å²) in [6, 6.07) is 25.5. The van der Waals surface area contributed by atoms with Crippen LogP contribution < -0.4 is 14.2 Å². The molecule has 32 heavy (non-hydrogen) atoms. The Hall–Kier alpha value is -4.12. The molecule has 0 aliphatic carbocycles. The van der Waals surface area contributed by atoms with E-state index in [0.717, 1.165) is 27.8 Å². The van der Waals surface area contributed by atoms with Crippen LogP contribution >= 0.6 is 0 Å². The normalized spacial score (nSPS) is 10.6. The van der Waals surface area contributed by atoms with E-state index >= 15 is 0 Å². The van der Waals surface area contributed by atoms with Crippen LogP contribution in [0.5, 0.6) is 28.7 Å². The Kier molecular flexibility index (Phi) is 6.17. The van der Waals surface area contributed by atoms with Gasteiger partial charge in [0.25, 0.3) is 0 Å². The summed E-state index contributed by atoms with van der Waals surface area (Å²) in [7, 11) is 3.20. The highest BCUT2D eigenvalue weighted by Gasteiger charge is 2.23. The molecule has 0 saturated carbocycles. The van der Waals surface area contributed by atoms with Crippen molar-refractivity contribution in [1.29, 1.82) is 0 Å². The van der Waals surface area contributed by atoms with Gasteiger partial charge in [-0.1, -0.05) is 54.6 Å². The van der Waals surface area contributed by atoms with Crippen molar-refractivity contribution in [3.8, 4) is 51.0 Å². The van der Waals surface area contributed by atoms with E-state index in [9.17, 15) is 10.2 Å². The maximum atomic E-state index is 9.76. The lowest BCUT2D eigenvalue weighted by Gasteiger charge is -2.21. The lowest BCUT2D eigenvalue weighted by molar-refractivity contribution is 0.284. The van der Waals surface area contributed by atoms with Gasteiger partial charge in [-0.15, -0.1) is 0 Å². The van der Waals surface area contributed by atoms with Crippen LogP contribution in [0.4, 0.5) is 0 Å². The molecule has 4 aromatic rings. The molecule has 0 radical (unpaired) electrons. The molecule has 0 bridgehead atoms. The van der Waals surface area contributed by atoms with E-state index < -0.39 is 0 Å². The molecule has 162 valence electrons. The van der Waals surface area contributed by atoms with Crippen LogP contribution in [0, 0.1) is 0 Å². The van der Waals surface area contributed by atoms with E-state index in [0.29, 0.717) is 23.9 Å². The van der Waals surface area contributed by atoms with Crippen LogP contribution in [0.15, 0.2) is 84.9 Å². The van der Waals surface area contributed by atoms with E-state index in [1.165, 1.54) is 0 Å². The van der Waals surface area contributed by atoms with Gasteiger partial charge in [-0.3, -0.25) is 0 Å². The van der Waals surface area contributed by atoms with Crippen LogP contribution in [0.3, 0.4) is 0 Å².